The number of hydrogen-bond acceptors (Lipinski definition) is 2. The summed E-state index contributed by atoms with van der Waals surface area (Å²) in [7, 11) is 0.675. The molecule has 2 rings (SSSR count). The number of aromatic amines is 1. The molecule has 3 nitrogen and oxygen atoms in total. The average molecular weight is 209 g/mol. The van der Waals surface area contributed by atoms with Crippen molar-refractivity contribution < 1.29 is 8.95 Å². The molecule has 74 valence electrons. The van der Waals surface area contributed by atoms with Crippen molar-refractivity contribution in [2.24, 2.45) is 0 Å². The molecule has 1 aromatic heterocycles. The summed E-state index contributed by atoms with van der Waals surface area (Å²) in [6, 6.07) is 5.68. The standard InChI is InChI=1S/C10H11NO2S/c1-13-7-3-4-8-9(5-7)11-6-10(8)14(2)12/h3-6,11H,1-2H3. The Morgan fingerprint density at radius 3 is 2.86 bits per heavy atom. The summed E-state index contributed by atoms with van der Waals surface area (Å²) in [6.45, 7) is 0. The van der Waals surface area contributed by atoms with E-state index in [4.69, 9.17) is 4.74 Å². The third-order valence-electron chi connectivity index (χ3n) is 2.16. The molecular formula is C10H11NO2S. The number of hydrogen-bond donors (Lipinski definition) is 1. The van der Waals surface area contributed by atoms with Gasteiger partial charge < -0.3 is 9.72 Å². The fourth-order valence-corrected chi connectivity index (χ4v) is 2.16. The van der Waals surface area contributed by atoms with Crippen molar-refractivity contribution >= 4 is 21.7 Å². The zero-order valence-electron chi connectivity index (χ0n) is 8.03. The van der Waals surface area contributed by atoms with Crippen LogP contribution >= 0.6 is 0 Å². The summed E-state index contributed by atoms with van der Waals surface area (Å²) in [6.07, 6.45) is 3.45. The predicted octanol–water partition coefficient (Wildman–Crippen LogP) is 1.91. The number of nitrogens with one attached hydrogen (secondary N) is 1. The summed E-state index contributed by atoms with van der Waals surface area (Å²) in [5, 5.41) is 0.992. The van der Waals surface area contributed by atoms with Crippen LogP contribution in [0.1, 0.15) is 0 Å². The minimum Gasteiger partial charge on any atom is -0.497 e. The Labute approximate surface area is 84.5 Å². The van der Waals surface area contributed by atoms with Crippen LogP contribution in [0.4, 0.5) is 0 Å². The molecule has 2 aromatic rings. The fraction of sp³-hybridized carbons (Fsp3) is 0.200. The van der Waals surface area contributed by atoms with E-state index in [2.05, 4.69) is 4.98 Å². The second kappa shape index (κ2) is 3.46. The summed E-state index contributed by atoms with van der Waals surface area (Å²) in [5.74, 6) is 0.799. The molecule has 4 heteroatoms. The van der Waals surface area contributed by atoms with Crippen molar-refractivity contribution in [3.05, 3.63) is 24.4 Å². The smallest absolute Gasteiger partial charge is 0.120 e. The SMILES string of the molecule is COc1ccc2c(S(C)=O)c[nH]c2c1. The third-order valence-corrected chi connectivity index (χ3v) is 3.12. The molecule has 14 heavy (non-hydrogen) atoms. The van der Waals surface area contributed by atoms with E-state index in [1.54, 1.807) is 19.6 Å². The van der Waals surface area contributed by atoms with Crippen LogP contribution in [0.3, 0.4) is 0 Å². The van der Waals surface area contributed by atoms with Crippen LogP contribution in [0.25, 0.3) is 10.9 Å². The molecule has 1 atom stereocenters. The zero-order valence-corrected chi connectivity index (χ0v) is 8.85. The highest BCUT2D eigenvalue weighted by Crippen LogP contribution is 2.24. The van der Waals surface area contributed by atoms with E-state index in [0.29, 0.717) is 0 Å². The molecule has 0 fully saturated rings. The van der Waals surface area contributed by atoms with E-state index in [9.17, 15) is 4.21 Å². The lowest BCUT2D eigenvalue weighted by atomic mass is 10.2. The number of aromatic nitrogens is 1. The van der Waals surface area contributed by atoms with Crippen LogP contribution in [-0.4, -0.2) is 22.6 Å². The van der Waals surface area contributed by atoms with Gasteiger partial charge >= 0.3 is 0 Å². The van der Waals surface area contributed by atoms with E-state index in [0.717, 1.165) is 21.5 Å². The van der Waals surface area contributed by atoms with E-state index >= 15 is 0 Å². The van der Waals surface area contributed by atoms with Gasteiger partial charge in [-0.15, -0.1) is 0 Å². The van der Waals surface area contributed by atoms with Crippen molar-refractivity contribution in [2.45, 2.75) is 4.90 Å². The minimum absolute atomic E-state index is 0.799. The normalized spacial score (nSPS) is 13.0. The minimum atomic E-state index is -0.953. The maximum atomic E-state index is 11.3. The largest absolute Gasteiger partial charge is 0.497 e. The van der Waals surface area contributed by atoms with Gasteiger partial charge in [-0.3, -0.25) is 4.21 Å². The van der Waals surface area contributed by atoms with Gasteiger partial charge in [0.1, 0.15) is 5.75 Å². The quantitative estimate of drug-likeness (QED) is 0.821. The molecule has 1 N–H and O–H groups in total. The van der Waals surface area contributed by atoms with Gasteiger partial charge in [-0.25, -0.2) is 0 Å². The van der Waals surface area contributed by atoms with Gasteiger partial charge in [0.25, 0.3) is 0 Å². The summed E-state index contributed by atoms with van der Waals surface area (Å²) in [4.78, 5) is 3.91. The van der Waals surface area contributed by atoms with Crippen LogP contribution in [0.2, 0.25) is 0 Å². The molecule has 0 aliphatic heterocycles. The van der Waals surface area contributed by atoms with Crippen LogP contribution < -0.4 is 4.74 Å². The highest BCUT2D eigenvalue weighted by molar-refractivity contribution is 7.84. The molecule has 0 radical (unpaired) electrons. The van der Waals surface area contributed by atoms with Gasteiger partial charge in [0.15, 0.2) is 0 Å². The Morgan fingerprint density at radius 2 is 2.21 bits per heavy atom. The number of methoxy groups -OCH3 is 1. The average Bonchev–Trinajstić information content (AvgIpc) is 2.59. The van der Waals surface area contributed by atoms with Crippen LogP contribution in [0.15, 0.2) is 29.3 Å². The molecule has 0 saturated carbocycles. The van der Waals surface area contributed by atoms with Crippen LogP contribution in [0.5, 0.6) is 5.75 Å². The molecule has 0 aliphatic rings. The van der Waals surface area contributed by atoms with E-state index in [1.165, 1.54) is 0 Å². The molecule has 0 aliphatic carbocycles. The highest BCUT2D eigenvalue weighted by Gasteiger charge is 2.06. The van der Waals surface area contributed by atoms with Gasteiger partial charge in [0, 0.05) is 23.9 Å². The lowest BCUT2D eigenvalue weighted by Gasteiger charge is -1.99. The van der Waals surface area contributed by atoms with E-state index in [1.807, 2.05) is 18.2 Å². The first kappa shape index (κ1) is 9.27. The lowest BCUT2D eigenvalue weighted by molar-refractivity contribution is 0.415. The van der Waals surface area contributed by atoms with Crippen LogP contribution in [-0.2, 0) is 10.8 Å². The summed E-state index contributed by atoms with van der Waals surface area (Å²) < 4.78 is 16.4. The first-order valence-electron chi connectivity index (χ1n) is 4.21. The Bertz CT molecular complexity index is 490. The molecule has 0 spiro atoms. The molecule has 0 saturated heterocycles. The first-order chi connectivity index (χ1) is 6.72. The number of H-pyrrole nitrogens is 1. The number of ether oxygens (including phenoxy) is 1. The Balaban J connectivity index is 2.65. The van der Waals surface area contributed by atoms with Gasteiger partial charge in [-0.2, -0.15) is 0 Å². The third kappa shape index (κ3) is 1.42. The van der Waals surface area contributed by atoms with Crippen molar-refractivity contribution in [1.29, 1.82) is 0 Å². The predicted molar refractivity (Wildman–Crippen MR) is 57.2 cm³/mol. The van der Waals surface area contributed by atoms with Gasteiger partial charge in [0.05, 0.1) is 28.3 Å². The molecule has 0 amide bonds. The maximum Gasteiger partial charge on any atom is 0.120 e. The van der Waals surface area contributed by atoms with Crippen molar-refractivity contribution in [3.8, 4) is 5.75 Å². The molecular weight excluding hydrogens is 198 g/mol. The maximum absolute atomic E-state index is 11.3. The zero-order chi connectivity index (χ0) is 10.1. The van der Waals surface area contributed by atoms with Crippen molar-refractivity contribution in [2.75, 3.05) is 13.4 Å². The first-order valence-corrected chi connectivity index (χ1v) is 5.76. The molecule has 0 bridgehead atoms. The Hall–Kier alpha value is -1.29. The van der Waals surface area contributed by atoms with Gasteiger partial charge in [-0.1, -0.05) is 0 Å². The Morgan fingerprint density at radius 1 is 1.43 bits per heavy atom. The monoisotopic (exact) mass is 209 g/mol. The lowest BCUT2D eigenvalue weighted by Crippen LogP contribution is -1.85. The van der Waals surface area contributed by atoms with Crippen molar-refractivity contribution in [3.63, 3.8) is 0 Å². The molecule has 1 aromatic carbocycles. The van der Waals surface area contributed by atoms with E-state index in [-0.39, 0.29) is 0 Å². The summed E-state index contributed by atoms with van der Waals surface area (Å²) >= 11 is 0. The number of rotatable bonds is 2. The van der Waals surface area contributed by atoms with Gasteiger partial charge in [-0.05, 0) is 12.1 Å². The van der Waals surface area contributed by atoms with Crippen LogP contribution in [0, 0.1) is 0 Å². The Kier molecular flexibility index (Phi) is 2.29. The second-order valence-electron chi connectivity index (χ2n) is 3.02. The fourth-order valence-electron chi connectivity index (χ4n) is 1.44. The molecule has 1 unspecified atom stereocenters. The van der Waals surface area contributed by atoms with E-state index < -0.39 is 10.8 Å². The van der Waals surface area contributed by atoms with Crippen molar-refractivity contribution in [1.82, 2.24) is 4.98 Å². The second-order valence-corrected chi connectivity index (χ2v) is 4.37. The number of fused-ring (bicyclic) bond motifs is 1. The van der Waals surface area contributed by atoms with Gasteiger partial charge in [0.2, 0.25) is 0 Å². The number of benzene rings is 1. The highest BCUT2D eigenvalue weighted by atomic mass is 32.2. The summed E-state index contributed by atoms with van der Waals surface area (Å²) in [5.41, 5.74) is 0.953. The molecule has 1 heterocycles. The topological polar surface area (TPSA) is 42.1 Å².